The SMILES string of the molecule is CCOCC(OCC)O[SiH](CC)CC. The molecule has 0 saturated carbocycles. The highest BCUT2D eigenvalue weighted by Crippen LogP contribution is 2.06. The van der Waals surface area contributed by atoms with E-state index in [0.717, 1.165) is 18.7 Å². The summed E-state index contributed by atoms with van der Waals surface area (Å²) < 4.78 is 16.7. The molecular weight excluding hydrogens is 196 g/mol. The van der Waals surface area contributed by atoms with Crippen molar-refractivity contribution in [3.05, 3.63) is 0 Å². The Balaban J connectivity index is 3.80. The van der Waals surface area contributed by atoms with Crippen LogP contribution in [0.2, 0.25) is 12.1 Å². The zero-order valence-corrected chi connectivity index (χ0v) is 11.1. The molecule has 0 bridgehead atoms. The number of hydrogen-bond donors (Lipinski definition) is 0. The van der Waals surface area contributed by atoms with Crippen LogP contribution in [-0.2, 0) is 13.9 Å². The fourth-order valence-electron chi connectivity index (χ4n) is 1.22. The van der Waals surface area contributed by atoms with E-state index in [1.807, 2.05) is 13.8 Å². The van der Waals surface area contributed by atoms with Crippen molar-refractivity contribution in [3.63, 3.8) is 0 Å². The zero-order chi connectivity index (χ0) is 10.8. The number of ether oxygens (including phenoxy) is 2. The highest BCUT2D eigenvalue weighted by molar-refractivity contribution is 6.51. The molecule has 0 radical (unpaired) electrons. The summed E-state index contributed by atoms with van der Waals surface area (Å²) in [7, 11) is -1.03. The molecule has 4 heteroatoms. The van der Waals surface area contributed by atoms with Crippen molar-refractivity contribution in [1.82, 2.24) is 0 Å². The molecule has 3 nitrogen and oxygen atoms in total. The largest absolute Gasteiger partial charge is 0.394 e. The van der Waals surface area contributed by atoms with Gasteiger partial charge >= 0.3 is 0 Å². The molecule has 0 aliphatic carbocycles. The van der Waals surface area contributed by atoms with Crippen LogP contribution in [0.25, 0.3) is 0 Å². The minimum Gasteiger partial charge on any atom is -0.394 e. The Morgan fingerprint density at radius 1 is 1.00 bits per heavy atom. The van der Waals surface area contributed by atoms with Gasteiger partial charge in [0.15, 0.2) is 15.3 Å². The smallest absolute Gasteiger partial charge is 0.180 e. The first-order chi connectivity index (χ1) is 6.78. The van der Waals surface area contributed by atoms with Crippen molar-refractivity contribution < 1.29 is 13.9 Å². The van der Waals surface area contributed by atoms with Gasteiger partial charge in [0.2, 0.25) is 0 Å². The predicted molar refractivity (Wildman–Crippen MR) is 61.1 cm³/mol. The average Bonchev–Trinajstić information content (AvgIpc) is 2.22. The van der Waals surface area contributed by atoms with E-state index in [0.29, 0.717) is 13.2 Å². The van der Waals surface area contributed by atoms with Crippen LogP contribution in [0.5, 0.6) is 0 Å². The molecule has 86 valence electrons. The van der Waals surface area contributed by atoms with Crippen molar-refractivity contribution in [3.8, 4) is 0 Å². The van der Waals surface area contributed by atoms with Crippen LogP contribution in [0.3, 0.4) is 0 Å². The summed E-state index contributed by atoms with van der Waals surface area (Å²) in [6, 6.07) is 2.32. The molecule has 14 heavy (non-hydrogen) atoms. The summed E-state index contributed by atoms with van der Waals surface area (Å²) >= 11 is 0. The van der Waals surface area contributed by atoms with Gasteiger partial charge in [0.25, 0.3) is 0 Å². The molecular formula is C10H24O3Si. The Morgan fingerprint density at radius 2 is 1.64 bits per heavy atom. The summed E-state index contributed by atoms with van der Waals surface area (Å²) in [5.74, 6) is 0. The lowest BCUT2D eigenvalue weighted by molar-refractivity contribution is -0.119. The standard InChI is InChI=1S/C10H24O3Si/c1-5-11-9-10(12-6-2)13-14(7-3)8-4/h10,14H,5-9H2,1-4H3. The van der Waals surface area contributed by atoms with E-state index in [1.165, 1.54) is 0 Å². The van der Waals surface area contributed by atoms with Gasteiger partial charge < -0.3 is 13.9 Å². The minimum absolute atomic E-state index is 0.142. The van der Waals surface area contributed by atoms with Crippen molar-refractivity contribution in [2.24, 2.45) is 0 Å². The molecule has 0 aliphatic rings. The van der Waals surface area contributed by atoms with Gasteiger partial charge in [-0.3, -0.25) is 0 Å². The van der Waals surface area contributed by atoms with E-state index in [9.17, 15) is 0 Å². The summed E-state index contributed by atoms with van der Waals surface area (Å²) in [6.45, 7) is 10.3. The minimum atomic E-state index is -1.03. The third-order valence-corrected chi connectivity index (χ3v) is 4.58. The monoisotopic (exact) mass is 220 g/mol. The van der Waals surface area contributed by atoms with Crippen LogP contribution in [0.15, 0.2) is 0 Å². The molecule has 0 fully saturated rings. The summed E-state index contributed by atoms with van der Waals surface area (Å²) in [6.07, 6.45) is -0.142. The van der Waals surface area contributed by atoms with Crippen molar-refractivity contribution in [2.75, 3.05) is 19.8 Å². The predicted octanol–water partition coefficient (Wildman–Crippen LogP) is 2.17. The van der Waals surface area contributed by atoms with Crippen LogP contribution in [0, 0.1) is 0 Å². The Hall–Kier alpha value is 0.0969. The molecule has 1 unspecified atom stereocenters. The second kappa shape index (κ2) is 9.64. The molecule has 0 N–H and O–H groups in total. The van der Waals surface area contributed by atoms with E-state index in [4.69, 9.17) is 13.9 Å². The van der Waals surface area contributed by atoms with Gasteiger partial charge in [0.1, 0.15) is 0 Å². The van der Waals surface area contributed by atoms with E-state index < -0.39 is 9.04 Å². The molecule has 0 rings (SSSR count). The Bertz CT molecular complexity index is 118. The molecule has 0 saturated heterocycles. The van der Waals surface area contributed by atoms with Gasteiger partial charge in [-0.15, -0.1) is 0 Å². The van der Waals surface area contributed by atoms with Crippen LogP contribution in [0.4, 0.5) is 0 Å². The van der Waals surface area contributed by atoms with Crippen molar-refractivity contribution in [2.45, 2.75) is 46.1 Å². The average molecular weight is 220 g/mol. The molecule has 0 heterocycles. The third-order valence-electron chi connectivity index (χ3n) is 2.07. The Kier molecular flexibility index (Phi) is 9.71. The normalized spacial score (nSPS) is 13.5. The molecule has 0 aromatic carbocycles. The molecule has 0 amide bonds. The van der Waals surface area contributed by atoms with Crippen molar-refractivity contribution >= 4 is 9.04 Å². The van der Waals surface area contributed by atoms with Gasteiger partial charge in [-0.25, -0.2) is 0 Å². The molecule has 0 aromatic rings. The fourth-order valence-corrected chi connectivity index (χ4v) is 2.77. The van der Waals surface area contributed by atoms with Crippen LogP contribution in [0.1, 0.15) is 27.7 Å². The Labute approximate surface area is 89.5 Å². The third kappa shape index (κ3) is 6.54. The van der Waals surface area contributed by atoms with E-state index in [1.54, 1.807) is 0 Å². The molecule has 0 aromatic heterocycles. The van der Waals surface area contributed by atoms with Gasteiger partial charge in [-0.05, 0) is 25.9 Å². The summed E-state index contributed by atoms with van der Waals surface area (Å²) in [4.78, 5) is 0. The first-order valence-electron chi connectivity index (χ1n) is 5.63. The Morgan fingerprint density at radius 3 is 2.07 bits per heavy atom. The number of rotatable bonds is 9. The number of hydrogen-bond acceptors (Lipinski definition) is 3. The quantitative estimate of drug-likeness (QED) is 0.440. The van der Waals surface area contributed by atoms with E-state index >= 15 is 0 Å². The van der Waals surface area contributed by atoms with Crippen LogP contribution >= 0.6 is 0 Å². The van der Waals surface area contributed by atoms with Crippen LogP contribution in [-0.4, -0.2) is 35.2 Å². The molecule has 0 aliphatic heterocycles. The second-order valence-electron chi connectivity index (χ2n) is 3.12. The summed E-state index contributed by atoms with van der Waals surface area (Å²) in [5, 5.41) is 0. The lowest BCUT2D eigenvalue weighted by Gasteiger charge is -2.22. The fraction of sp³-hybridized carbons (Fsp3) is 1.00. The second-order valence-corrected chi connectivity index (χ2v) is 6.27. The van der Waals surface area contributed by atoms with Crippen molar-refractivity contribution in [1.29, 1.82) is 0 Å². The van der Waals surface area contributed by atoms with Gasteiger partial charge in [0.05, 0.1) is 6.61 Å². The first-order valence-corrected chi connectivity index (χ1v) is 7.73. The topological polar surface area (TPSA) is 27.7 Å². The maximum absolute atomic E-state index is 5.88. The maximum atomic E-state index is 5.88. The maximum Gasteiger partial charge on any atom is 0.180 e. The van der Waals surface area contributed by atoms with Gasteiger partial charge in [-0.2, -0.15) is 0 Å². The summed E-state index contributed by atoms with van der Waals surface area (Å²) in [5.41, 5.74) is 0. The van der Waals surface area contributed by atoms with E-state index in [-0.39, 0.29) is 6.29 Å². The zero-order valence-electron chi connectivity index (χ0n) is 9.91. The van der Waals surface area contributed by atoms with Gasteiger partial charge in [-0.1, -0.05) is 13.8 Å². The van der Waals surface area contributed by atoms with Crippen LogP contribution < -0.4 is 0 Å². The lowest BCUT2D eigenvalue weighted by Crippen LogP contribution is -2.30. The highest BCUT2D eigenvalue weighted by atomic mass is 28.3. The highest BCUT2D eigenvalue weighted by Gasteiger charge is 2.15. The first kappa shape index (κ1) is 14.1. The van der Waals surface area contributed by atoms with Gasteiger partial charge in [0, 0.05) is 13.2 Å². The molecule has 1 atom stereocenters. The molecule has 0 spiro atoms. The lowest BCUT2D eigenvalue weighted by atomic mass is 10.6. The van der Waals surface area contributed by atoms with E-state index in [2.05, 4.69) is 13.8 Å².